The summed E-state index contributed by atoms with van der Waals surface area (Å²) >= 11 is 1.74. The summed E-state index contributed by atoms with van der Waals surface area (Å²) in [5, 5.41) is 1.14. The number of hydrogen-bond acceptors (Lipinski definition) is 4. The molecule has 2 N–H and O–H groups in total. The number of nitrogens with zero attached hydrogens (tertiary/aromatic N) is 1. The number of hydrogen-bond donors (Lipinski definition) is 1. The quantitative estimate of drug-likeness (QED) is 0.880. The summed E-state index contributed by atoms with van der Waals surface area (Å²) in [4.78, 5) is 6.03. The molecule has 0 aliphatic carbocycles. The summed E-state index contributed by atoms with van der Waals surface area (Å²) in [7, 11) is 1.68. The lowest BCUT2D eigenvalue weighted by atomic mass is 10.0. The molecule has 0 aliphatic heterocycles. The highest BCUT2D eigenvalue weighted by molar-refractivity contribution is 7.11. The molecule has 0 aliphatic rings. The highest BCUT2D eigenvalue weighted by Crippen LogP contribution is 2.30. The molecule has 1 aromatic carbocycles. The van der Waals surface area contributed by atoms with E-state index >= 15 is 0 Å². The van der Waals surface area contributed by atoms with E-state index in [1.54, 1.807) is 18.4 Å². The molecule has 0 fully saturated rings. The van der Waals surface area contributed by atoms with Gasteiger partial charge in [0.25, 0.3) is 0 Å². The van der Waals surface area contributed by atoms with E-state index in [2.05, 4.69) is 32.9 Å². The zero-order chi connectivity index (χ0) is 15.5. The van der Waals surface area contributed by atoms with Crippen LogP contribution in [-0.4, -0.2) is 12.1 Å². The number of nitrogens with two attached hydrogens (primary N) is 1. The summed E-state index contributed by atoms with van der Waals surface area (Å²) < 4.78 is 5.19. The van der Waals surface area contributed by atoms with E-state index in [9.17, 15) is 0 Å². The molecule has 21 heavy (non-hydrogen) atoms. The molecule has 2 aromatic rings. The Balaban J connectivity index is 2.23. The Morgan fingerprint density at radius 2 is 1.90 bits per heavy atom. The van der Waals surface area contributed by atoms with Crippen LogP contribution in [0.5, 0.6) is 5.75 Å². The molecule has 0 bridgehead atoms. The first kappa shape index (κ1) is 16.0. The Bertz CT molecular complexity index is 582. The Hall–Kier alpha value is -1.39. The molecule has 4 heteroatoms. The predicted molar refractivity (Wildman–Crippen MR) is 89.1 cm³/mol. The first-order chi connectivity index (χ1) is 9.94. The summed E-state index contributed by atoms with van der Waals surface area (Å²) in [6.45, 7) is 6.28. The maximum absolute atomic E-state index is 6.29. The molecule has 0 spiro atoms. The van der Waals surface area contributed by atoms with Gasteiger partial charge in [0.2, 0.25) is 0 Å². The minimum atomic E-state index is -0.319. The van der Waals surface area contributed by atoms with Crippen molar-refractivity contribution in [3.05, 3.63) is 45.4 Å². The van der Waals surface area contributed by atoms with Crippen LogP contribution >= 0.6 is 11.3 Å². The Labute approximate surface area is 131 Å². The molecule has 0 saturated carbocycles. The van der Waals surface area contributed by atoms with Gasteiger partial charge in [-0.2, -0.15) is 0 Å². The third-order valence-electron chi connectivity index (χ3n) is 3.33. The van der Waals surface area contributed by atoms with Crippen LogP contribution < -0.4 is 10.5 Å². The molecule has 1 aromatic heterocycles. The Kier molecular flexibility index (Phi) is 5.01. The number of aromatic nitrogens is 1. The first-order valence-electron chi connectivity index (χ1n) is 7.35. The van der Waals surface area contributed by atoms with Gasteiger partial charge in [-0.15, -0.1) is 11.3 Å². The van der Waals surface area contributed by atoms with Crippen molar-refractivity contribution in [2.75, 3.05) is 7.11 Å². The van der Waals surface area contributed by atoms with E-state index in [0.717, 1.165) is 30.0 Å². The second kappa shape index (κ2) is 6.58. The number of benzene rings is 1. The SMILES string of the molecule is CCCc1nc(Cc2ccc(OC)cc2)sc1C(C)(C)N. The van der Waals surface area contributed by atoms with Crippen LogP contribution in [0.3, 0.4) is 0 Å². The molecule has 3 nitrogen and oxygen atoms in total. The van der Waals surface area contributed by atoms with Gasteiger partial charge in [-0.25, -0.2) is 4.98 Å². The molecule has 0 radical (unpaired) electrons. The Morgan fingerprint density at radius 3 is 2.43 bits per heavy atom. The fourth-order valence-corrected chi connectivity index (χ4v) is 3.46. The molecular formula is C17H24N2OS. The molecular weight excluding hydrogens is 280 g/mol. The first-order valence-corrected chi connectivity index (χ1v) is 8.16. The van der Waals surface area contributed by atoms with Crippen molar-refractivity contribution < 1.29 is 4.74 Å². The summed E-state index contributed by atoms with van der Waals surface area (Å²) in [6, 6.07) is 8.16. The van der Waals surface area contributed by atoms with Gasteiger partial charge in [0.05, 0.1) is 17.8 Å². The van der Waals surface area contributed by atoms with Crippen molar-refractivity contribution in [3.8, 4) is 5.75 Å². The fraction of sp³-hybridized carbons (Fsp3) is 0.471. The normalized spacial score (nSPS) is 11.7. The number of ether oxygens (including phenoxy) is 1. The zero-order valence-electron chi connectivity index (χ0n) is 13.3. The number of methoxy groups -OCH3 is 1. The average molecular weight is 304 g/mol. The van der Waals surface area contributed by atoms with Gasteiger partial charge in [-0.3, -0.25) is 0 Å². The lowest BCUT2D eigenvalue weighted by Crippen LogP contribution is -2.28. The van der Waals surface area contributed by atoms with Crippen molar-refractivity contribution in [3.63, 3.8) is 0 Å². The van der Waals surface area contributed by atoms with Gasteiger partial charge in [0, 0.05) is 16.8 Å². The fourth-order valence-electron chi connectivity index (χ4n) is 2.30. The largest absolute Gasteiger partial charge is 0.497 e. The minimum absolute atomic E-state index is 0.319. The van der Waals surface area contributed by atoms with Crippen LogP contribution in [0.25, 0.3) is 0 Å². The maximum atomic E-state index is 6.29. The lowest BCUT2D eigenvalue weighted by molar-refractivity contribution is 0.414. The summed E-state index contributed by atoms with van der Waals surface area (Å²) in [5.74, 6) is 0.883. The van der Waals surface area contributed by atoms with Gasteiger partial charge in [0.15, 0.2) is 0 Å². The summed E-state index contributed by atoms with van der Waals surface area (Å²) in [5.41, 5.74) is 8.38. The van der Waals surface area contributed by atoms with Crippen LogP contribution in [0.15, 0.2) is 24.3 Å². The van der Waals surface area contributed by atoms with Crippen LogP contribution in [0.1, 0.15) is 48.3 Å². The topological polar surface area (TPSA) is 48.1 Å². The second-order valence-electron chi connectivity index (χ2n) is 5.88. The molecule has 0 atom stereocenters. The zero-order valence-corrected chi connectivity index (χ0v) is 14.1. The van der Waals surface area contributed by atoms with Crippen molar-refractivity contribution >= 4 is 11.3 Å². The minimum Gasteiger partial charge on any atom is -0.497 e. The third kappa shape index (κ3) is 4.05. The molecule has 2 rings (SSSR count). The highest BCUT2D eigenvalue weighted by Gasteiger charge is 2.23. The molecule has 1 heterocycles. The molecule has 114 valence electrons. The van der Waals surface area contributed by atoms with Crippen LogP contribution in [0, 0.1) is 0 Å². The van der Waals surface area contributed by atoms with Crippen LogP contribution in [0.2, 0.25) is 0 Å². The van der Waals surface area contributed by atoms with Gasteiger partial charge >= 0.3 is 0 Å². The van der Waals surface area contributed by atoms with Gasteiger partial charge < -0.3 is 10.5 Å². The van der Waals surface area contributed by atoms with E-state index in [0.29, 0.717) is 0 Å². The number of thiazole rings is 1. The van der Waals surface area contributed by atoms with Crippen molar-refractivity contribution in [1.29, 1.82) is 0 Å². The van der Waals surface area contributed by atoms with Gasteiger partial charge in [-0.05, 0) is 38.0 Å². The molecule has 0 unspecified atom stereocenters. The number of rotatable bonds is 6. The number of aryl methyl sites for hydroxylation is 1. The summed E-state index contributed by atoms with van der Waals surface area (Å²) in [6.07, 6.45) is 2.94. The highest BCUT2D eigenvalue weighted by atomic mass is 32.1. The van der Waals surface area contributed by atoms with E-state index in [4.69, 9.17) is 15.5 Å². The smallest absolute Gasteiger partial charge is 0.118 e. The average Bonchev–Trinajstić information content (AvgIpc) is 2.83. The Morgan fingerprint density at radius 1 is 1.24 bits per heavy atom. The van der Waals surface area contributed by atoms with Crippen molar-refractivity contribution in [2.24, 2.45) is 5.73 Å². The molecule has 0 saturated heterocycles. The van der Waals surface area contributed by atoms with Gasteiger partial charge in [-0.1, -0.05) is 25.5 Å². The van der Waals surface area contributed by atoms with Gasteiger partial charge in [0.1, 0.15) is 5.75 Å². The van der Waals surface area contributed by atoms with Crippen molar-refractivity contribution in [1.82, 2.24) is 4.98 Å². The predicted octanol–water partition coefficient (Wildman–Crippen LogP) is 3.89. The lowest BCUT2D eigenvalue weighted by Gasteiger charge is -2.17. The molecule has 0 amide bonds. The maximum Gasteiger partial charge on any atom is 0.118 e. The van der Waals surface area contributed by atoms with E-state index in [1.165, 1.54) is 16.1 Å². The monoisotopic (exact) mass is 304 g/mol. The van der Waals surface area contributed by atoms with E-state index < -0.39 is 0 Å². The third-order valence-corrected chi connectivity index (χ3v) is 4.77. The van der Waals surface area contributed by atoms with Crippen LogP contribution in [0.4, 0.5) is 0 Å². The standard InChI is InChI=1S/C17H24N2OS/c1-5-6-14-16(17(2,3)18)21-15(19-14)11-12-7-9-13(20-4)10-8-12/h7-10H,5-6,11,18H2,1-4H3. The second-order valence-corrected chi connectivity index (χ2v) is 6.96. The van der Waals surface area contributed by atoms with Crippen molar-refractivity contribution in [2.45, 2.75) is 45.6 Å². The van der Waals surface area contributed by atoms with E-state index in [-0.39, 0.29) is 5.54 Å². The van der Waals surface area contributed by atoms with Crippen LogP contribution in [-0.2, 0) is 18.4 Å². The van der Waals surface area contributed by atoms with E-state index in [1.807, 2.05) is 12.1 Å².